The lowest BCUT2D eigenvalue weighted by Crippen LogP contribution is -2.49. The first-order chi connectivity index (χ1) is 15.0. The Labute approximate surface area is 185 Å². The molecule has 8 heteroatoms. The zero-order chi connectivity index (χ0) is 22.2. The number of para-hydroxylation sites is 1. The molecule has 0 spiro atoms. The normalized spacial score (nSPS) is 14.6. The number of benzene rings is 1. The van der Waals surface area contributed by atoms with E-state index in [2.05, 4.69) is 56.8 Å². The van der Waals surface area contributed by atoms with E-state index < -0.39 is 0 Å². The van der Waals surface area contributed by atoms with Gasteiger partial charge < -0.3 is 20.4 Å². The predicted molar refractivity (Wildman–Crippen MR) is 125 cm³/mol. The van der Waals surface area contributed by atoms with Crippen molar-refractivity contribution in [3.05, 3.63) is 47.3 Å². The monoisotopic (exact) mass is 425 g/mol. The Kier molecular flexibility index (Phi) is 7.92. The van der Waals surface area contributed by atoms with Crippen molar-refractivity contribution in [2.45, 2.75) is 33.7 Å². The second-order valence-corrected chi connectivity index (χ2v) is 7.85. The van der Waals surface area contributed by atoms with Crippen molar-refractivity contribution in [1.82, 2.24) is 25.3 Å². The highest BCUT2D eigenvalue weighted by Gasteiger charge is 2.21. The summed E-state index contributed by atoms with van der Waals surface area (Å²) in [7, 11) is 1.95. The van der Waals surface area contributed by atoms with Crippen LogP contribution in [0.25, 0.3) is 0 Å². The smallest absolute Gasteiger partial charge is 0.224 e. The van der Waals surface area contributed by atoms with Crippen LogP contribution in [-0.2, 0) is 18.4 Å². The number of aromatic nitrogens is 2. The molecule has 1 amide bonds. The van der Waals surface area contributed by atoms with Gasteiger partial charge in [-0.2, -0.15) is 5.10 Å². The number of carbonyl (C=O) groups is 1. The van der Waals surface area contributed by atoms with Crippen LogP contribution < -0.4 is 15.5 Å². The lowest BCUT2D eigenvalue weighted by atomic mass is 10.2. The third-order valence-corrected chi connectivity index (χ3v) is 5.78. The van der Waals surface area contributed by atoms with Gasteiger partial charge in [-0.1, -0.05) is 18.2 Å². The summed E-state index contributed by atoms with van der Waals surface area (Å²) < 4.78 is 1.89. The first-order valence-electron chi connectivity index (χ1n) is 11.1. The van der Waals surface area contributed by atoms with Crippen LogP contribution in [0.5, 0.6) is 0 Å². The van der Waals surface area contributed by atoms with Crippen LogP contribution in [0.1, 0.15) is 30.3 Å². The molecular formula is C23H35N7O. The number of hydrogen-bond donors (Lipinski definition) is 2. The number of hydrogen-bond acceptors (Lipinski definition) is 4. The SMILES string of the molecule is CCNC(=NCc1c(C)nn(C)c1C)NCCC(=O)N1CCN(c2ccccc2)CC1. The fraction of sp³-hybridized carbons (Fsp3) is 0.522. The maximum Gasteiger partial charge on any atom is 0.224 e. The van der Waals surface area contributed by atoms with Gasteiger partial charge >= 0.3 is 0 Å². The predicted octanol–water partition coefficient (Wildman–Crippen LogP) is 1.83. The number of anilines is 1. The number of aryl methyl sites for hydroxylation is 2. The Morgan fingerprint density at radius 1 is 1.10 bits per heavy atom. The Morgan fingerprint density at radius 3 is 2.42 bits per heavy atom. The highest BCUT2D eigenvalue weighted by atomic mass is 16.2. The van der Waals surface area contributed by atoms with E-state index in [9.17, 15) is 4.79 Å². The number of amides is 1. The van der Waals surface area contributed by atoms with E-state index in [1.165, 1.54) is 5.69 Å². The zero-order valence-electron chi connectivity index (χ0n) is 19.2. The van der Waals surface area contributed by atoms with Crippen molar-refractivity contribution in [1.29, 1.82) is 0 Å². The Balaban J connectivity index is 1.45. The van der Waals surface area contributed by atoms with E-state index in [1.54, 1.807) is 0 Å². The molecule has 0 unspecified atom stereocenters. The van der Waals surface area contributed by atoms with Gasteiger partial charge in [-0.05, 0) is 32.9 Å². The summed E-state index contributed by atoms with van der Waals surface area (Å²) in [6, 6.07) is 10.4. The maximum absolute atomic E-state index is 12.6. The third kappa shape index (κ3) is 5.99. The van der Waals surface area contributed by atoms with Gasteiger partial charge in [0.1, 0.15) is 0 Å². The number of piperazine rings is 1. The van der Waals surface area contributed by atoms with Crippen molar-refractivity contribution in [3.63, 3.8) is 0 Å². The number of nitrogens with one attached hydrogen (secondary N) is 2. The Bertz CT molecular complexity index is 883. The molecular weight excluding hydrogens is 390 g/mol. The summed E-state index contributed by atoms with van der Waals surface area (Å²) in [6.45, 7) is 11.3. The summed E-state index contributed by atoms with van der Waals surface area (Å²) in [5.41, 5.74) is 4.50. The number of nitrogens with zero attached hydrogens (tertiary/aromatic N) is 5. The number of guanidine groups is 1. The topological polar surface area (TPSA) is 77.8 Å². The lowest BCUT2D eigenvalue weighted by molar-refractivity contribution is -0.131. The summed E-state index contributed by atoms with van der Waals surface area (Å²) in [4.78, 5) is 21.6. The molecule has 1 aromatic carbocycles. The summed E-state index contributed by atoms with van der Waals surface area (Å²) >= 11 is 0. The van der Waals surface area contributed by atoms with Gasteiger partial charge in [0.25, 0.3) is 0 Å². The molecule has 1 aliphatic heterocycles. The average molecular weight is 426 g/mol. The summed E-state index contributed by atoms with van der Waals surface area (Å²) in [6.07, 6.45) is 0.459. The molecule has 1 fully saturated rings. The fourth-order valence-corrected chi connectivity index (χ4v) is 3.84. The van der Waals surface area contributed by atoms with Gasteiger partial charge in [-0.15, -0.1) is 0 Å². The molecule has 2 aromatic rings. The van der Waals surface area contributed by atoms with Gasteiger partial charge in [0.05, 0.1) is 12.2 Å². The van der Waals surface area contributed by atoms with Gasteiger partial charge in [0, 0.05) is 69.7 Å². The van der Waals surface area contributed by atoms with E-state index in [0.717, 1.165) is 55.6 Å². The van der Waals surface area contributed by atoms with Crippen LogP contribution in [-0.4, -0.2) is 65.8 Å². The number of carbonyl (C=O) groups excluding carboxylic acids is 1. The molecule has 2 heterocycles. The quantitative estimate of drug-likeness (QED) is 0.523. The van der Waals surface area contributed by atoms with Gasteiger partial charge in [-0.25, -0.2) is 4.99 Å². The maximum atomic E-state index is 12.6. The van der Waals surface area contributed by atoms with Crippen LogP contribution >= 0.6 is 0 Å². The molecule has 1 saturated heterocycles. The van der Waals surface area contributed by atoms with Gasteiger partial charge in [-0.3, -0.25) is 9.48 Å². The van der Waals surface area contributed by atoms with E-state index in [1.807, 2.05) is 36.5 Å². The zero-order valence-corrected chi connectivity index (χ0v) is 19.2. The molecule has 1 aromatic heterocycles. The van der Waals surface area contributed by atoms with Crippen LogP contribution in [0, 0.1) is 13.8 Å². The molecule has 1 aliphatic rings. The minimum Gasteiger partial charge on any atom is -0.368 e. The first-order valence-corrected chi connectivity index (χ1v) is 11.1. The molecule has 168 valence electrons. The van der Waals surface area contributed by atoms with E-state index in [4.69, 9.17) is 0 Å². The second kappa shape index (κ2) is 10.8. The van der Waals surface area contributed by atoms with Crippen LogP contribution in [0.15, 0.2) is 35.3 Å². The van der Waals surface area contributed by atoms with Crippen LogP contribution in [0.4, 0.5) is 5.69 Å². The molecule has 0 saturated carbocycles. The largest absolute Gasteiger partial charge is 0.368 e. The van der Waals surface area contributed by atoms with Crippen LogP contribution in [0.2, 0.25) is 0 Å². The molecule has 0 atom stereocenters. The average Bonchev–Trinajstić information content (AvgIpc) is 3.03. The number of rotatable bonds is 7. The van der Waals surface area contributed by atoms with E-state index in [0.29, 0.717) is 19.5 Å². The van der Waals surface area contributed by atoms with Gasteiger partial charge in [0.2, 0.25) is 5.91 Å². The standard InChI is InChI=1S/C23H35N7O/c1-5-24-23(26-17-21-18(2)27-28(4)19(21)3)25-12-11-22(31)30-15-13-29(14-16-30)20-9-7-6-8-10-20/h6-10H,5,11-17H2,1-4H3,(H2,24,25,26). The Morgan fingerprint density at radius 2 is 1.81 bits per heavy atom. The minimum atomic E-state index is 0.190. The van der Waals surface area contributed by atoms with Crippen molar-refractivity contribution >= 4 is 17.6 Å². The molecule has 0 aliphatic carbocycles. The lowest BCUT2D eigenvalue weighted by Gasteiger charge is -2.36. The fourth-order valence-electron chi connectivity index (χ4n) is 3.84. The van der Waals surface area contributed by atoms with Crippen molar-refractivity contribution < 1.29 is 4.79 Å². The second-order valence-electron chi connectivity index (χ2n) is 7.85. The Hall–Kier alpha value is -3.03. The summed E-state index contributed by atoms with van der Waals surface area (Å²) in [5, 5.41) is 11.0. The first kappa shape index (κ1) is 22.7. The van der Waals surface area contributed by atoms with Crippen molar-refractivity contribution in [2.75, 3.05) is 44.2 Å². The highest BCUT2D eigenvalue weighted by Crippen LogP contribution is 2.16. The third-order valence-electron chi connectivity index (χ3n) is 5.78. The minimum absolute atomic E-state index is 0.190. The highest BCUT2D eigenvalue weighted by molar-refractivity contribution is 5.81. The molecule has 0 bridgehead atoms. The number of aliphatic imine (C=N–C) groups is 1. The molecule has 8 nitrogen and oxygen atoms in total. The molecule has 31 heavy (non-hydrogen) atoms. The van der Waals surface area contributed by atoms with E-state index >= 15 is 0 Å². The van der Waals surface area contributed by atoms with Crippen molar-refractivity contribution in [3.8, 4) is 0 Å². The molecule has 0 radical (unpaired) electrons. The van der Waals surface area contributed by atoms with E-state index in [-0.39, 0.29) is 5.91 Å². The van der Waals surface area contributed by atoms with Gasteiger partial charge in [0.15, 0.2) is 5.96 Å². The molecule has 2 N–H and O–H groups in total. The summed E-state index contributed by atoms with van der Waals surface area (Å²) in [5.74, 6) is 0.918. The van der Waals surface area contributed by atoms with Crippen molar-refractivity contribution in [2.24, 2.45) is 12.0 Å². The van der Waals surface area contributed by atoms with Crippen LogP contribution in [0.3, 0.4) is 0 Å². The molecule has 3 rings (SSSR count).